The van der Waals surface area contributed by atoms with Crippen molar-refractivity contribution in [1.82, 2.24) is 4.90 Å². The third-order valence-electron chi connectivity index (χ3n) is 2.29. The van der Waals surface area contributed by atoms with Gasteiger partial charge in [0.15, 0.2) is 0 Å². The van der Waals surface area contributed by atoms with E-state index in [1.165, 1.54) is 11.1 Å². The molecule has 1 nitrogen and oxygen atoms in total. The van der Waals surface area contributed by atoms with Crippen LogP contribution in [0.4, 0.5) is 0 Å². The van der Waals surface area contributed by atoms with E-state index in [-0.39, 0.29) is 0 Å². The van der Waals surface area contributed by atoms with Gasteiger partial charge in [-0.25, -0.2) is 0 Å². The van der Waals surface area contributed by atoms with Crippen molar-refractivity contribution in [2.45, 2.75) is 20.4 Å². The van der Waals surface area contributed by atoms with Gasteiger partial charge in [-0.2, -0.15) is 0 Å². The molecule has 0 aromatic heterocycles. The second-order valence-electron chi connectivity index (χ2n) is 3.40. The first-order valence-electron chi connectivity index (χ1n) is 4.57. The zero-order valence-corrected chi connectivity index (χ0v) is 10.1. The Morgan fingerprint density at radius 3 is 2.69 bits per heavy atom. The lowest BCUT2D eigenvalue weighted by Crippen LogP contribution is -2.17. The number of benzene rings is 1. The van der Waals surface area contributed by atoms with Gasteiger partial charge < -0.3 is 4.90 Å². The summed E-state index contributed by atoms with van der Waals surface area (Å²) in [6.07, 6.45) is 0. The Balaban J connectivity index is 2.81. The Hall–Kier alpha value is -0.340. The summed E-state index contributed by atoms with van der Waals surface area (Å²) in [6.45, 7) is 6.45. The van der Waals surface area contributed by atoms with Crippen molar-refractivity contribution in [3.63, 3.8) is 0 Å². The Labute approximate surface area is 88.9 Å². The van der Waals surface area contributed by atoms with E-state index < -0.39 is 0 Å². The van der Waals surface area contributed by atoms with Gasteiger partial charge in [-0.1, -0.05) is 28.9 Å². The fourth-order valence-corrected chi connectivity index (χ4v) is 1.62. The molecule has 2 heteroatoms. The van der Waals surface area contributed by atoms with E-state index in [9.17, 15) is 0 Å². The quantitative estimate of drug-likeness (QED) is 0.786. The van der Waals surface area contributed by atoms with Crippen molar-refractivity contribution >= 4 is 15.9 Å². The molecule has 0 bridgehead atoms. The lowest BCUT2D eigenvalue weighted by molar-refractivity contribution is 0.345. The Morgan fingerprint density at radius 2 is 2.08 bits per heavy atom. The van der Waals surface area contributed by atoms with Crippen LogP contribution in [0.1, 0.15) is 18.1 Å². The molecule has 0 saturated heterocycles. The molecule has 13 heavy (non-hydrogen) atoms. The number of nitrogens with zero attached hydrogens (tertiary/aromatic N) is 1. The molecule has 0 N–H and O–H groups in total. The van der Waals surface area contributed by atoms with E-state index in [0.717, 1.165) is 17.6 Å². The van der Waals surface area contributed by atoms with Crippen LogP contribution in [-0.2, 0) is 6.54 Å². The number of hydrogen-bond donors (Lipinski definition) is 0. The van der Waals surface area contributed by atoms with Gasteiger partial charge in [0.2, 0.25) is 0 Å². The molecule has 0 unspecified atom stereocenters. The molecule has 0 heterocycles. The highest BCUT2D eigenvalue weighted by molar-refractivity contribution is 9.10. The average Bonchev–Trinajstić information content (AvgIpc) is 2.11. The van der Waals surface area contributed by atoms with Gasteiger partial charge in [0, 0.05) is 11.0 Å². The highest BCUT2D eigenvalue weighted by atomic mass is 79.9. The molecule has 0 aliphatic rings. The largest absolute Gasteiger partial charge is 0.302 e. The predicted octanol–water partition coefficient (Wildman–Crippen LogP) is 3.21. The molecule has 0 amide bonds. The highest BCUT2D eigenvalue weighted by Gasteiger charge is 2.01. The smallest absolute Gasteiger partial charge is 0.0233 e. The van der Waals surface area contributed by atoms with Crippen LogP contribution in [0.25, 0.3) is 0 Å². The Bertz CT molecular complexity index is 283. The maximum Gasteiger partial charge on any atom is 0.0233 e. The van der Waals surface area contributed by atoms with Gasteiger partial charge in [0.05, 0.1) is 0 Å². The molecule has 72 valence electrons. The van der Waals surface area contributed by atoms with Crippen LogP contribution in [0.5, 0.6) is 0 Å². The molecule has 0 aliphatic heterocycles. The molecule has 0 saturated carbocycles. The van der Waals surface area contributed by atoms with Crippen LogP contribution in [-0.4, -0.2) is 18.5 Å². The molecule has 0 fully saturated rings. The minimum atomic E-state index is 1.03. The summed E-state index contributed by atoms with van der Waals surface area (Å²) in [6, 6.07) is 6.44. The zero-order valence-electron chi connectivity index (χ0n) is 8.47. The molecule has 0 aliphatic carbocycles. The monoisotopic (exact) mass is 241 g/mol. The first kappa shape index (κ1) is 10.7. The normalized spacial score (nSPS) is 10.8. The van der Waals surface area contributed by atoms with E-state index in [0.29, 0.717) is 0 Å². The zero-order chi connectivity index (χ0) is 9.84. The molecule has 0 atom stereocenters. The van der Waals surface area contributed by atoms with Gasteiger partial charge in [-0.05, 0) is 43.8 Å². The number of rotatable bonds is 3. The number of hydrogen-bond acceptors (Lipinski definition) is 1. The van der Waals surface area contributed by atoms with E-state index in [2.05, 4.69) is 59.9 Å². The van der Waals surface area contributed by atoms with E-state index in [4.69, 9.17) is 0 Å². The van der Waals surface area contributed by atoms with Crippen molar-refractivity contribution in [1.29, 1.82) is 0 Å². The minimum Gasteiger partial charge on any atom is -0.302 e. The topological polar surface area (TPSA) is 3.24 Å². The summed E-state index contributed by atoms with van der Waals surface area (Å²) in [4.78, 5) is 2.30. The van der Waals surface area contributed by atoms with Crippen molar-refractivity contribution in [3.8, 4) is 0 Å². The Morgan fingerprint density at radius 1 is 1.38 bits per heavy atom. The summed E-state index contributed by atoms with van der Waals surface area (Å²) in [7, 11) is 2.14. The van der Waals surface area contributed by atoms with Crippen LogP contribution < -0.4 is 0 Å². The lowest BCUT2D eigenvalue weighted by atomic mass is 10.1. The lowest BCUT2D eigenvalue weighted by Gasteiger charge is -2.15. The average molecular weight is 242 g/mol. The van der Waals surface area contributed by atoms with Crippen molar-refractivity contribution in [2.24, 2.45) is 0 Å². The maximum atomic E-state index is 3.49. The fourth-order valence-electron chi connectivity index (χ4n) is 1.21. The molecular formula is C11H16BrN. The fraction of sp³-hybridized carbons (Fsp3) is 0.455. The van der Waals surface area contributed by atoms with E-state index in [1.54, 1.807) is 0 Å². The summed E-state index contributed by atoms with van der Waals surface area (Å²) in [5.74, 6) is 0. The number of halogens is 1. The first-order valence-corrected chi connectivity index (χ1v) is 5.36. The molecule has 0 radical (unpaired) electrons. The van der Waals surface area contributed by atoms with Gasteiger partial charge in [0.25, 0.3) is 0 Å². The van der Waals surface area contributed by atoms with Gasteiger partial charge in [-0.3, -0.25) is 0 Å². The summed E-state index contributed by atoms with van der Waals surface area (Å²) in [5.41, 5.74) is 2.77. The van der Waals surface area contributed by atoms with Gasteiger partial charge in [-0.15, -0.1) is 0 Å². The van der Waals surface area contributed by atoms with E-state index in [1.807, 2.05) is 0 Å². The van der Waals surface area contributed by atoms with Crippen molar-refractivity contribution in [2.75, 3.05) is 13.6 Å². The van der Waals surface area contributed by atoms with Crippen molar-refractivity contribution in [3.05, 3.63) is 33.8 Å². The number of aryl methyl sites for hydroxylation is 1. The highest BCUT2D eigenvalue weighted by Crippen LogP contribution is 2.17. The predicted molar refractivity (Wildman–Crippen MR) is 60.9 cm³/mol. The van der Waals surface area contributed by atoms with Crippen LogP contribution in [0, 0.1) is 6.92 Å². The third kappa shape index (κ3) is 3.12. The minimum absolute atomic E-state index is 1.03. The van der Waals surface area contributed by atoms with E-state index >= 15 is 0 Å². The van der Waals surface area contributed by atoms with Gasteiger partial charge in [0.1, 0.15) is 0 Å². The molecule has 1 aromatic rings. The summed E-state index contributed by atoms with van der Waals surface area (Å²) < 4.78 is 1.16. The summed E-state index contributed by atoms with van der Waals surface area (Å²) in [5, 5.41) is 0. The second-order valence-corrected chi connectivity index (χ2v) is 4.32. The second kappa shape index (κ2) is 4.77. The maximum absolute atomic E-state index is 3.49. The first-order chi connectivity index (χ1) is 6.13. The molecular weight excluding hydrogens is 226 g/mol. The van der Waals surface area contributed by atoms with Gasteiger partial charge >= 0.3 is 0 Å². The standard InChI is InChI=1S/C11H16BrN/c1-4-13(3)8-10-7-11(12)6-5-9(10)2/h5-7H,4,8H2,1-3H3. The van der Waals surface area contributed by atoms with Crippen LogP contribution in [0.15, 0.2) is 22.7 Å². The molecule has 1 rings (SSSR count). The molecule has 1 aromatic carbocycles. The third-order valence-corrected chi connectivity index (χ3v) is 2.78. The van der Waals surface area contributed by atoms with Crippen LogP contribution >= 0.6 is 15.9 Å². The van der Waals surface area contributed by atoms with Crippen molar-refractivity contribution < 1.29 is 0 Å². The SMILES string of the molecule is CCN(C)Cc1cc(Br)ccc1C. The summed E-state index contributed by atoms with van der Waals surface area (Å²) >= 11 is 3.49. The van der Waals surface area contributed by atoms with Crippen LogP contribution in [0.2, 0.25) is 0 Å². The molecule has 0 spiro atoms. The Kier molecular flexibility index (Phi) is 3.94. The van der Waals surface area contributed by atoms with Crippen LogP contribution in [0.3, 0.4) is 0 Å².